The normalized spacial score (nSPS) is 21.3. The van der Waals surface area contributed by atoms with E-state index in [4.69, 9.17) is 0 Å². The number of nitrogens with one attached hydrogen (secondary N) is 1. The van der Waals surface area contributed by atoms with Crippen molar-refractivity contribution in [3.8, 4) is 0 Å². The molecule has 1 rings (SSSR count). The Morgan fingerprint density at radius 3 is 2.73 bits per heavy atom. The van der Waals surface area contributed by atoms with Crippen molar-refractivity contribution in [1.82, 2.24) is 5.32 Å². The van der Waals surface area contributed by atoms with Crippen molar-refractivity contribution in [2.24, 2.45) is 11.8 Å². The van der Waals surface area contributed by atoms with E-state index in [-0.39, 0.29) is 0 Å². The summed E-state index contributed by atoms with van der Waals surface area (Å²) < 4.78 is 0. The van der Waals surface area contributed by atoms with Gasteiger partial charge < -0.3 is 5.32 Å². The zero-order valence-corrected chi connectivity index (χ0v) is 8.41. The fourth-order valence-corrected chi connectivity index (χ4v) is 2.36. The third-order valence-electron chi connectivity index (χ3n) is 2.32. The lowest BCUT2D eigenvalue weighted by molar-refractivity contribution is 0.385. The van der Waals surface area contributed by atoms with Crippen LogP contribution in [0.15, 0.2) is 0 Å². The Kier molecular flexibility index (Phi) is 4.31. The SMILES string of the molecule is CCC(C)CSCC1CNC1. The van der Waals surface area contributed by atoms with Gasteiger partial charge in [-0.25, -0.2) is 0 Å². The Morgan fingerprint density at radius 2 is 2.27 bits per heavy atom. The van der Waals surface area contributed by atoms with Crippen molar-refractivity contribution in [3.05, 3.63) is 0 Å². The monoisotopic (exact) mass is 173 g/mol. The first kappa shape index (κ1) is 9.40. The molecule has 1 fully saturated rings. The largest absolute Gasteiger partial charge is 0.316 e. The summed E-state index contributed by atoms with van der Waals surface area (Å²) in [5.74, 6) is 4.61. The molecule has 0 radical (unpaired) electrons. The molecule has 0 saturated carbocycles. The van der Waals surface area contributed by atoms with E-state index in [9.17, 15) is 0 Å². The van der Waals surface area contributed by atoms with Crippen LogP contribution in [0, 0.1) is 11.8 Å². The van der Waals surface area contributed by atoms with Gasteiger partial charge in [0.1, 0.15) is 0 Å². The Bertz CT molecular complexity index is 97.0. The van der Waals surface area contributed by atoms with Gasteiger partial charge in [-0.05, 0) is 36.4 Å². The molecule has 1 heterocycles. The molecule has 1 unspecified atom stereocenters. The van der Waals surface area contributed by atoms with Gasteiger partial charge in [0.2, 0.25) is 0 Å². The van der Waals surface area contributed by atoms with Crippen molar-refractivity contribution >= 4 is 11.8 Å². The summed E-state index contributed by atoms with van der Waals surface area (Å²) in [4.78, 5) is 0. The van der Waals surface area contributed by atoms with E-state index in [2.05, 4.69) is 30.9 Å². The van der Waals surface area contributed by atoms with Crippen molar-refractivity contribution in [3.63, 3.8) is 0 Å². The van der Waals surface area contributed by atoms with Crippen LogP contribution in [0.3, 0.4) is 0 Å². The first-order valence-electron chi connectivity index (χ1n) is 4.61. The molecule has 1 N–H and O–H groups in total. The standard InChI is InChI=1S/C9H19NS/c1-3-8(2)6-11-7-9-4-10-5-9/h8-10H,3-7H2,1-2H3. The predicted molar refractivity (Wildman–Crippen MR) is 53.1 cm³/mol. The van der Waals surface area contributed by atoms with Crippen molar-refractivity contribution in [1.29, 1.82) is 0 Å². The van der Waals surface area contributed by atoms with Crippen LogP contribution in [0.1, 0.15) is 20.3 Å². The quantitative estimate of drug-likeness (QED) is 0.682. The highest BCUT2D eigenvalue weighted by Gasteiger charge is 2.16. The smallest absolute Gasteiger partial charge is 0.0000326 e. The molecule has 11 heavy (non-hydrogen) atoms. The molecule has 0 aromatic carbocycles. The fourth-order valence-electron chi connectivity index (χ4n) is 1.02. The van der Waals surface area contributed by atoms with Crippen LogP contribution in [-0.2, 0) is 0 Å². The molecule has 1 saturated heterocycles. The van der Waals surface area contributed by atoms with Crippen molar-refractivity contribution in [2.45, 2.75) is 20.3 Å². The molecule has 0 amide bonds. The second kappa shape index (κ2) is 5.04. The topological polar surface area (TPSA) is 12.0 Å². The van der Waals surface area contributed by atoms with Gasteiger partial charge in [-0.1, -0.05) is 20.3 Å². The average Bonchev–Trinajstić information content (AvgIpc) is 1.94. The molecule has 1 nitrogen and oxygen atoms in total. The summed E-state index contributed by atoms with van der Waals surface area (Å²) in [7, 11) is 0. The van der Waals surface area contributed by atoms with Crippen LogP contribution in [0.25, 0.3) is 0 Å². The van der Waals surface area contributed by atoms with Gasteiger partial charge in [0, 0.05) is 0 Å². The van der Waals surface area contributed by atoms with E-state index in [0.29, 0.717) is 0 Å². The minimum Gasteiger partial charge on any atom is -0.316 e. The Morgan fingerprint density at radius 1 is 1.55 bits per heavy atom. The van der Waals surface area contributed by atoms with Crippen LogP contribution >= 0.6 is 11.8 Å². The summed E-state index contributed by atoms with van der Waals surface area (Å²) in [6.07, 6.45) is 1.33. The van der Waals surface area contributed by atoms with E-state index in [1.165, 1.54) is 31.0 Å². The third kappa shape index (κ3) is 3.48. The average molecular weight is 173 g/mol. The summed E-state index contributed by atoms with van der Waals surface area (Å²) >= 11 is 2.13. The molecular weight excluding hydrogens is 154 g/mol. The molecule has 0 aromatic rings. The maximum atomic E-state index is 3.30. The van der Waals surface area contributed by atoms with Crippen LogP contribution in [-0.4, -0.2) is 24.6 Å². The maximum absolute atomic E-state index is 3.30. The highest BCUT2D eigenvalue weighted by Crippen LogP contribution is 2.16. The summed E-state index contributed by atoms with van der Waals surface area (Å²) in [6.45, 7) is 7.13. The lowest BCUT2D eigenvalue weighted by Crippen LogP contribution is -2.43. The zero-order valence-electron chi connectivity index (χ0n) is 7.60. The molecule has 66 valence electrons. The molecule has 0 aromatic heterocycles. The second-order valence-corrected chi connectivity index (χ2v) is 4.65. The third-order valence-corrected chi connectivity index (χ3v) is 3.83. The van der Waals surface area contributed by atoms with E-state index < -0.39 is 0 Å². The molecule has 0 spiro atoms. The lowest BCUT2D eigenvalue weighted by Gasteiger charge is -2.26. The minimum absolute atomic E-state index is 0.910. The van der Waals surface area contributed by atoms with Crippen molar-refractivity contribution in [2.75, 3.05) is 24.6 Å². The van der Waals surface area contributed by atoms with Gasteiger partial charge in [0.25, 0.3) is 0 Å². The minimum atomic E-state index is 0.910. The molecule has 1 aliphatic rings. The summed E-state index contributed by atoms with van der Waals surface area (Å²) in [5, 5.41) is 3.30. The highest BCUT2D eigenvalue weighted by molar-refractivity contribution is 7.99. The van der Waals surface area contributed by atoms with Gasteiger partial charge in [-0.2, -0.15) is 11.8 Å². The molecular formula is C9H19NS. The van der Waals surface area contributed by atoms with Gasteiger partial charge in [-0.3, -0.25) is 0 Å². The van der Waals surface area contributed by atoms with Gasteiger partial charge in [0.15, 0.2) is 0 Å². The van der Waals surface area contributed by atoms with Gasteiger partial charge in [-0.15, -0.1) is 0 Å². The first-order chi connectivity index (χ1) is 5.33. The second-order valence-electron chi connectivity index (χ2n) is 3.58. The van der Waals surface area contributed by atoms with E-state index >= 15 is 0 Å². The molecule has 2 heteroatoms. The molecule has 1 aliphatic heterocycles. The molecule has 0 aliphatic carbocycles. The van der Waals surface area contributed by atoms with Crippen LogP contribution in [0.2, 0.25) is 0 Å². The number of thioether (sulfide) groups is 1. The Labute approximate surface area is 74.3 Å². The van der Waals surface area contributed by atoms with Crippen LogP contribution < -0.4 is 5.32 Å². The molecule has 1 atom stereocenters. The van der Waals surface area contributed by atoms with Crippen LogP contribution in [0.5, 0.6) is 0 Å². The predicted octanol–water partition coefficient (Wildman–Crippen LogP) is 1.99. The van der Waals surface area contributed by atoms with Gasteiger partial charge in [0.05, 0.1) is 0 Å². The fraction of sp³-hybridized carbons (Fsp3) is 1.00. The van der Waals surface area contributed by atoms with Crippen molar-refractivity contribution < 1.29 is 0 Å². The Balaban J connectivity index is 1.86. The highest BCUT2D eigenvalue weighted by atomic mass is 32.2. The van der Waals surface area contributed by atoms with E-state index in [1.54, 1.807) is 0 Å². The van der Waals surface area contributed by atoms with Crippen LogP contribution in [0.4, 0.5) is 0 Å². The van der Waals surface area contributed by atoms with E-state index in [1.807, 2.05) is 0 Å². The summed E-state index contributed by atoms with van der Waals surface area (Å²) in [5.41, 5.74) is 0. The number of hydrogen-bond acceptors (Lipinski definition) is 2. The summed E-state index contributed by atoms with van der Waals surface area (Å²) in [6, 6.07) is 0. The first-order valence-corrected chi connectivity index (χ1v) is 5.76. The Hall–Kier alpha value is 0.310. The van der Waals surface area contributed by atoms with Gasteiger partial charge >= 0.3 is 0 Å². The van der Waals surface area contributed by atoms with E-state index in [0.717, 1.165) is 11.8 Å². The maximum Gasteiger partial charge on any atom is -0.0000326 e. The number of rotatable bonds is 5. The lowest BCUT2D eigenvalue weighted by atomic mass is 10.1. The zero-order chi connectivity index (χ0) is 8.10. The number of hydrogen-bond donors (Lipinski definition) is 1. The molecule has 0 bridgehead atoms.